The number of nitrogens with one attached hydrogen (secondary N) is 3. The van der Waals surface area contributed by atoms with Crippen molar-refractivity contribution >= 4 is 30.0 Å². The number of esters is 2. The number of aromatic nitrogens is 1. The van der Waals surface area contributed by atoms with Gasteiger partial charge in [0.25, 0.3) is 0 Å². The number of nitrogens with two attached hydrogens (primary N) is 1. The Balaban J connectivity index is 1.83. The molecule has 2 aliphatic rings. The Labute approximate surface area is 247 Å². The second kappa shape index (κ2) is 14.9. The number of aliphatic hydroxyl groups excluding tert-OH is 1. The van der Waals surface area contributed by atoms with Crippen LogP contribution in [0.4, 0.5) is 0 Å². The predicted octanol–water partition coefficient (Wildman–Crippen LogP) is 2.91. The van der Waals surface area contributed by atoms with Crippen LogP contribution < -0.4 is 11.1 Å². The minimum Gasteiger partial charge on any atom is -0.463 e. The van der Waals surface area contributed by atoms with E-state index < -0.39 is 35.9 Å². The van der Waals surface area contributed by atoms with Crippen molar-refractivity contribution in [3.63, 3.8) is 0 Å². The van der Waals surface area contributed by atoms with E-state index in [1.54, 1.807) is 32.9 Å². The van der Waals surface area contributed by atoms with Gasteiger partial charge >= 0.3 is 11.9 Å². The Bertz CT molecular complexity index is 1130. The molecular weight excluding hydrogens is 542 g/mol. The maximum absolute atomic E-state index is 12.8. The van der Waals surface area contributed by atoms with E-state index in [9.17, 15) is 19.5 Å². The molecule has 0 spiro atoms. The molecule has 5 atom stereocenters. The van der Waals surface area contributed by atoms with Gasteiger partial charge in [-0.05, 0) is 56.6 Å². The number of aliphatic hydroxyl groups is 1. The third-order valence-electron chi connectivity index (χ3n) is 8.49. The van der Waals surface area contributed by atoms with Crippen LogP contribution >= 0.6 is 0 Å². The second-order valence-corrected chi connectivity index (χ2v) is 11.8. The van der Waals surface area contributed by atoms with Crippen molar-refractivity contribution in [1.82, 2.24) is 10.3 Å². The Kier molecular flexibility index (Phi) is 11.8. The number of H-pyrrole nitrogens is 1. The van der Waals surface area contributed by atoms with Gasteiger partial charge in [0, 0.05) is 12.3 Å². The molecule has 3 rings (SSSR count). The fourth-order valence-corrected chi connectivity index (χ4v) is 5.56. The number of amides is 1. The summed E-state index contributed by atoms with van der Waals surface area (Å²) in [5.41, 5.74) is 5.40. The van der Waals surface area contributed by atoms with E-state index >= 15 is 0 Å². The summed E-state index contributed by atoms with van der Waals surface area (Å²) in [6, 6.07) is 2.40. The summed E-state index contributed by atoms with van der Waals surface area (Å²) in [5.74, 6) is -1.23. The maximum atomic E-state index is 12.8. The monoisotopic (exact) mass is 589 g/mol. The molecule has 1 aliphatic carbocycles. The fourth-order valence-electron chi connectivity index (χ4n) is 5.56. The zero-order valence-corrected chi connectivity index (χ0v) is 25.4. The number of amidine groups is 1. The van der Waals surface area contributed by atoms with Gasteiger partial charge in [0.15, 0.2) is 11.9 Å². The molecule has 0 unspecified atom stereocenters. The van der Waals surface area contributed by atoms with Gasteiger partial charge in [0.05, 0.1) is 11.4 Å². The van der Waals surface area contributed by atoms with Crippen LogP contribution in [0, 0.1) is 23.2 Å². The predicted molar refractivity (Wildman–Crippen MR) is 157 cm³/mol. The Morgan fingerprint density at radius 1 is 1.26 bits per heavy atom. The molecule has 0 bridgehead atoms. The van der Waals surface area contributed by atoms with Crippen molar-refractivity contribution in [3.8, 4) is 0 Å². The van der Waals surface area contributed by atoms with Crippen molar-refractivity contribution in [1.29, 1.82) is 5.41 Å². The van der Waals surface area contributed by atoms with Gasteiger partial charge in [-0.2, -0.15) is 0 Å². The normalized spacial score (nSPS) is 25.5. The van der Waals surface area contributed by atoms with Crippen LogP contribution in [0.1, 0.15) is 91.0 Å². The van der Waals surface area contributed by atoms with Gasteiger partial charge in [-0.1, -0.05) is 40.5 Å². The quantitative estimate of drug-likeness (QED) is 0.132. The third kappa shape index (κ3) is 7.84. The van der Waals surface area contributed by atoms with E-state index in [1.807, 2.05) is 13.8 Å². The molecule has 6 N–H and O–H groups in total. The largest absolute Gasteiger partial charge is 0.463 e. The van der Waals surface area contributed by atoms with Crippen LogP contribution in [0.25, 0.3) is 0 Å². The van der Waals surface area contributed by atoms with Crippen molar-refractivity contribution in [2.75, 3.05) is 6.61 Å². The van der Waals surface area contributed by atoms with Gasteiger partial charge in [-0.15, -0.1) is 0 Å². The minimum atomic E-state index is -1.41. The molecule has 234 valence electrons. The van der Waals surface area contributed by atoms with Crippen molar-refractivity contribution in [2.24, 2.45) is 28.5 Å². The van der Waals surface area contributed by atoms with Gasteiger partial charge in [0.2, 0.25) is 5.91 Å². The lowest BCUT2D eigenvalue weighted by Crippen LogP contribution is -2.46. The number of aliphatic imine (C=N–C) groups is 1. The molecule has 1 aromatic rings. The molecule has 2 heterocycles. The standard InChI is InChI=1S/C30H47N5O7/c1-6-19(7-2)28(38)35-27(33-16-31)20-12-13-22(34-20)30(5)26(37)25(41-29(39)24(32)17(3)4)21(42-30)15-40-23(36)14-18-10-8-9-11-18/h12-13,16-19,21,24-26,34,37H,6-11,14-15,32H2,1-5H3,(H2,31,33,35,38)/t21-,24+,25-,26-,30+/m1/s1. The lowest BCUT2D eigenvalue weighted by Gasteiger charge is -2.27. The highest BCUT2D eigenvalue weighted by molar-refractivity contribution is 6.09. The van der Waals surface area contributed by atoms with Crippen LogP contribution in [0.15, 0.2) is 17.1 Å². The summed E-state index contributed by atoms with van der Waals surface area (Å²) in [6.45, 7) is 8.84. The van der Waals surface area contributed by atoms with Crippen LogP contribution in [-0.4, -0.2) is 71.1 Å². The highest BCUT2D eigenvalue weighted by Gasteiger charge is 2.56. The van der Waals surface area contributed by atoms with Gasteiger partial charge in [0.1, 0.15) is 36.8 Å². The summed E-state index contributed by atoms with van der Waals surface area (Å²) in [6.07, 6.45) is 3.17. The van der Waals surface area contributed by atoms with Gasteiger partial charge in [-0.3, -0.25) is 19.8 Å². The zero-order valence-electron chi connectivity index (χ0n) is 25.4. The van der Waals surface area contributed by atoms with E-state index in [2.05, 4.69) is 15.3 Å². The number of hydrogen-bond acceptors (Lipinski definition) is 9. The molecule has 1 aromatic heterocycles. The van der Waals surface area contributed by atoms with E-state index in [0.717, 1.165) is 32.0 Å². The highest BCUT2D eigenvalue weighted by Crippen LogP contribution is 2.41. The first kappa shape index (κ1) is 33.4. The number of aromatic amines is 1. The van der Waals surface area contributed by atoms with Crippen LogP contribution in [0.3, 0.4) is 0 Å². The highest BCUT2D eigenvalue weighted by atomic mass is 16.6. The molecule has 1 saturated carbocycles. The van der Waals surface area contributed by atoms with Crippen molar-refractivity contribution in [2.45, 2.75) is 110 Å². The summed E-state index contributed by atoms with van der Waals surface area (Å²) in [4.78, 5) is 45.3. The molecule has 1 aliphatic heterocycles. The van der Waals surface area contributed by atoms with Gasteiger partial charge in [-0.25, -0.2) is 4.99 Å². The van der Waals surface area contributed by atoms with E-state index in [-0.39, 0.29) is 36.2 Å². The molecule has 0 aromatic carbocycles. The summed E-state index contributed by atoms with van der Waals surface area (Å²) in [5, 5.41) is 21.7. The zero-order chi connectivity index (χ0) is 31.0. The molecule has 12 heteroatoms. The number of nitrogens with zero attached hydrogens (tertiary/aromatic N) is 1. The van der Waals surface area contributed by atoms with E-state index in [1.165, 1.54) is 0 Å². The smallest absolute Gasteiger partial charge is 0.323 e. The Morgan fingerprint density at radius 2 is 1.93 bits per heavy atom. The second-order valence-electron chi connectivity index (χ2n) is 11.8. The van der Waals surface area contributed by atoms with Crippen LogP contribution in [0.2, 0.25) is 0 Å². The molecule has 2 fully saturated rings. The van der Waals surface area contributed by atoms with E-state index in [4.69, 9.17) is 25.4 Å². The first-order chi connectivity index (χ1) is 19.9. The van der Waals surface area contributed by atoms with Gasteiger partial charge < -0.3 is 35.4 Å². The fraction of sp³-hybridized carbons (Fsp3) is 0.700. The SMILES string of the molecule is CCC(CC)C(=O)NC(=NC=N)c1ccc([C@]2(C)O[C@H](COC(=O)CC3CCCC3)[C@@H](OC(=O)[C@@H](N)C(C)C)[C@H]2O)[nH]1. The number of hydrogen-bond donors (Lipinski definition) is 5. The lowest BCUT2D eigenvalue weighted by atomic mass is 9.93. The first-order valence-electron chi connectivity index (χ1n) is 15.0. The molecular formula is C30H47N5O7. The Morgan fingerprint density at radius 3 is 2.52 bits per heavy atom. The molecule has 0 radical (unpaired) electrons. The number of carbonyl (C=O) groups is 3. The number of rotatable bonds is 13. The first-order valence-corrected chi connectivity index (χ1v) is 15.0. The molecule has 1 amide bonds. The van der Waals surface area contributed by atoms with Crippen LogP contribution in [-0.2, 0) is 34.2 Å². The summed E-state index contributed by atoms with van der Waals surface area (Å²) < 4.78 is 17.5. The molecule has 1 saturated heterocycles. The topological polar surface area (TPSA) is 189 Å². The Hall–Kier alpha value is -3.09. The minimum absolute atomic E-state index is 0.146. The number of carbonyl (C=O) groups excluding carboxylic acids is 3. The van der Waals surface area contributed by atoms with Crippen molar-refractivity contribution in [3.05, 3.63) is 23.5 Å². The lowest BCUT2D eigenvalue weighted by molar-refractivity contribution is -0.162. The maximum Gasteiger partial charge on any atom is 0.323 e. The average Bonchev–Trinajstić information content (AvgIpc) is 3.70. The average molecular weight is 590 g/mol. The van der Waals surface area contributed by atoms with Crippen LogP contribution in [0.5, 0.6) is 0 Å². The summed E-state index contributed by atoms with van der Waals surface area (Å²) >= 11 is 0. The summed E-state index contributed by atoms with van der Waals surface area (Å²) in [7, 11) is 0. The number of ether oxygens (including phenoxy) is 3. The van der Waals surface area contributed by atoms with E-state index in [0.29, 0.717) is 36.6 Å². The third-order valence-corrected chi connectivity index (χ3v) is 8.49. The van der Waals surface area contributed by atoms with Crippen molar-refractivity contribution < 1.29 is 33.7 Å². The molecule has 42 heavy (non-hydrogen) atoms. The molecule has 12 nitrogen and oxygen atoms in total.